The largest absolute Gasteiger partial charge is 0.394 e. The van der Waals surface area contributed by atoms with Crippen LogP contribution in [0.1, 0.15) is 348 Å². The summed E-state index contributed by atoms with van der Waals surface area (Å²) in [5.74, 6) is -0.272. The van der Waals surface area contributed by atoms with E-state index in [1.165, 1.54) is 231 Å². The Morgan fingerprint density at radius 3 is 0.973 bits per heavy atom. The maximum Gasteiger partial charge on any atom is 0.220 e. The Hall–Kier alpha value is -3.29. The molecule has 0 aromatic heterocycles. The van der Waals surface area contributed by atoms with Crippen LogP contribution in [-0.4, -0.2) is 193 Å². The van der Waals surface area contributed by atoms with Crippen molar-refractivity contribution in [1.29, 1.82) is 0 Å². The number of allylic oxidation sites excluding steroid dienone is 15. The number of ether oxygens (including phenoxy) is 6. The van der Waals surface area contributed by atoms with E-state index in [0.29, 0.717) is 6.42 Å². The smallest absolute Gasteiger partial charge is 0.220 e. The molecule has 0 saturated carbocycles. The maximum atomic E-state index is 13.5. The highest BCUT2D eigenvalue weighted by Crippen LogP contribution is 2.33. The zero-order valence-electron chi connectivity index (χ0n) is 69.4. The topological polar surface area (TPSA) is 307 Å². The van der Waals surface area contributed by atoms with Crippen molar-refractivity contribution in [2.75, 3.05) is 26.4 Å². The van der Waals surface area contributed by atoms with E-state index in [2.05, 4.69) is 104 Å². The standard InChI is InChI=1S/C92H163NO18/c1-3-5-7-9-11-13-15-17-19-21-23-25-27-29-30-31-32-33-34-35-36-37-38-39-40-41-42-43-44-46-48-50-52-54-56-58-60-62-64-66-68-70-80(98)93-75(76(97)69-67-65-63-61-59-57-55-53-51-49-47-45-28-26-24-22-20-18-16-14-12-10-8-6-4-2)74-106-90-86(104)83(101)88(78(72-95)108-90)111-92-87(105)84(102)89(79(73-96)109-92)110-91-85(103)82(100)81(99)77(71-94)107-91/h5,7,11,13,17,19,23,25,29-30,32-33,35-36,67,69,75-79,81-92,94-97,99-105H,3-4,6,8-10,12,14-16,18,20-22,24,26-28,31,34,37-66,68,70-74H2,1-2H3,(H,93,98)/b7-5-,13-11-,19-17-,25-23-,30-29-,33-32-,36-35-,69-67+. The highest BCUT2D eigenvalue weighted by molar-refractivity contribution is 5.76. The third kappa shape index (κ3) is 49.5. The molecular formula is C92H163NO18. The fourth-order valence-corrected chi connectivity index (χ4v) is 14.8. The molecule has 3 rings (SSSR count). The lowest BCUT2D eigenvalue weighted by molar-refractivity contribution is -0.379. The van der Waals surface area contributed by atoms with Gasteiger partial charge in [-0.25, -0.2) is 0 Å². The first-order valence-electron chi connectivity index (χ1n) is 45.0. The van der Waals surface area contributed by atoms with E-state index >= 15 is 0 Å². The molecule has 3 heterocycles. The van der Waals surface area contributed by atoms with Gasteiger partial charge in [-0.2, -0.15) is 0 Å². The van der Waals surface area contributed by atoms with Crippen molar-refractivity contribution >= 4 is 5.91 Å². The first-order chi connectivity index (χ1) is 54.3. The van der Waals surface area contributed by atoms with Crippen LogP contribution in [0.2, 0.25) is 0 Å². The SMILES string of the molecule is CC/C=C\C/C=C\C/C=C\C/C=C\C/C=C\C/C=C\C/C=C\CCCCCCCCCCCCCCCCCCCCCC(=O)NC(COC1OC(CO)C(OC2OC(CO)C(OC3OC(CO)C(O)C(O)C3O)C(O)C2O)C(O)C1O)C(O)/C=C/CCCCCCCCCCCCCCCCCCCCCCCCC. The van der Waals surface area contributed by atoms with Gasteiger partial charge in [-0.1, -0.05) is 361 Å². The lowest BCUT2D eigenvalue weighted by atomic mass is 9.96. The second-order valence-corrected chi connectivity index (χ2v) is 31.7. The average molecular weight is 1570 g/mol. The van der Waals surface area contributed by atoms with Gasteiger partial charge in [0.1, 0.15) is 73.2 Å². The van der Waals surface area contributed by atoms with Crippen LogP contribution in [0.4, 0.5) is 0 Å². The van der Waals surface area contributed by atoms with Crippen LogP contribution in [0.25, 0.3) is 0 Å². The van der Waals surface area contributed by atoms with E-state index in [0.717, 1.165) is 89.9 Å². The van der Waals surface area contributed by atoms with Gasteiger partial charge in [0.25, 0.3) is 0 Å². The number of carbonyl (C=O) groups is 1. The number of unbranched alkanes of at least 4 members (excludes halogenated alkanes) is 42. The molecule has 1 amide bonds. The Bertz CT molecular complexity index is 2380. The van der Waals surface area contributed by atoms with Crippen LogP contribution in [0, 0.1) is 0 Å². The number of nitrogens with one attached hydrogen (secondary N) is 1. The van der Waals surface area contributed by atoms with E-state index in [1.807, 2.05) is 6.08 Å². The van der Waals surface area contributed by atoms with E-state index in [-0.39, 0.29) is 18.9 Å². The quantitative estimate of drug-likeness (QED) is 0.0199. The molecule has 3 saturated heterocycles. The minimum atomic E-state index is -1.98. The Morgan fingerprint density at radius 1 is 0.333 bits per heavy atom. The summed E-state index contributed by atoms with van der Waals surface area (Å²) in [6, 6.07) is -0.978. The van der Waals surface area contributed by atoms with Gasteiger partial charge < -0.3 is 89.9 Å². The second kappa shape index (κ2) is 70.9. The van der Waals surface area contributed by atoms with E-state index in [4.69, 9.17) is 28.4 Å². The summed E-state index contributed by atoms with van der Waals surface area (Å²) in [4.78, 5) is 13.5. The summed E-state index contributed by atoms with van der Waals surface area (Å²) in [6.07, 6.45) is 71.2. The molecular weight excluding hydrogens is 1410 g/mol. The number of aliphatic hydroxyl groups is 11. The Kier molecular flexibility index (Phi) is 65.1. The van der Waals surface area contributed by atoms with Crippen LogP contribution in [-0.2, 0) is 33.2 Å². The molecule has 0 bridgehead atoms. The lowest BCUT2D eigenvalue weighted by Crippen LogP contribution is -2.66. The van der Waals surface area contributed by atoms with Crippen molar-refractivity contribution in [1.82, 2.24) is 5.32 Å². The van der Waals surface area contributed by atoms with Crippen LogP contribution in [0.15, 0.2) is 97.2 Å². The fourth-order valence-electron chi connectivity index (χ4n) is 14.8. The van der Waals surface area contributed by atoms with Crippen LogP contribution in [0.3, 0.4) is 0 Å². The van der Waals surface area contributed by atoms with E-state index < -0.39 is 124 Å². The number of hydrogen-bond donors (Lipinski definition) is 12. The molecule has 0 aromatic rings. The van der Waals surface area contributed by atoms with Crippen molar-refractivity contribution in [3.63, 3.8) is 0 Å². The van der Waals surface area contributed by atoms with Gasteiger partial charge in [0.2, 0.25) is 5.91 Å². The predicted molar refractivity (Wildman–Crippen MR) is 447 cm³/mol. The van der Waals surface area contributed by atoms with Gasteiger partial charge >= 0.3 is 0 Å². The van der Waals surface area contributed by atoms with Gasteiger partial charge in [-0.3, -0.25) is 4.79 Å². The molecule has 3 aliphatic heterocycles. The van der Waals surface area contributed by atoms with E-state index in [1.54, 1.807) is 6.08 Å². The second-order valence-electron chi connectivity index (χ2n) is 31.7. The third-order valence-corrected chi connectivity index (χ3v) is 21.9. The molecule has 111 heavy (non-hydrogen) atoms. The summed E-state index contributed by atoms with van der Waals surface area (Å²) in [6.45, 7) is 1.67. The summed E-state index contributed by atoms with van der Waals surface area (Å²) in [5.41, 5.74) is 0. The highest BCUT2D eigenvalue weighted by Gasteiger charge is 2.54. The molecule has 644 valence electrons. The number of hydrogen-bond acceptors (Lipinski definition) is 18. The highest BCUT2D eigenvalue weighted by atomic mass is 16.8. The fraction of sp³-hybridized carbons (Fsp3) is 0.815. The minimum absolute atomic E-state index is 0.243. The van der Waals surface area contributed by atoms with Gasteiger partial charge in [0.15, 0.2) is 18.9 Å². The van der Waals surface area contributed by atoms with Crippen molar-refractivity contribution in [3.05, 3.63) is 97.2 Å². The van der Waals surface area contributed by atoms with E-state index in [9.17, 15) is 61.0 Å². The first-order valence-corrected chi connectivity index (χ1v) is 45.0. The monoisotopic (exact) mass is 1570 g/mol. The summed E-state index contributed by atoms with van der Waals surface area (Å²) in [5, 5.41) is 121. The Morgan fingerprint density at radius 2 is 0.622 bits per heavy atom. The Balaban J connectivity index is 1.31. The molecule has 0 radical (unpaired) electrons. The van der Waals surface area contributed by atoms with Gasteiger partial charge in [0.05, 0.1) is 38.6 Å². The molecule has 3 fully saturated rings. The molecule has 12 N–H and O–H groups in total. The summed E-state index contributed by atoms with van der Waals surface area (Å²) < 4.78 is 34.5. The lowest BCUT2D eigenvalue weighted by Gasteiger charge is -2.48. The first kappa shape index (κ1) is 102. The molecule has 19 nitrogen and oxygen atoms in total. The number of aliphatic hydroxyl groups excluding tert-OH is 11. The average Bonchev–Trinajstić information content (AvgIpc) is 0.780. The zero-order chi connectivity index (χ0) is 80.3. The zero-order valence-corrected chi connectivity index (χ0v) is 69.4. The van der Waals surface area contributed by atoms with Crippen LogP contribution in [0.5, 0.6) is 0 Å². The molecule has 17 atom stereocenters. The molecule has 19 heteroatoms. The molecule has 0 aliphatic carbocycles. The molecule has 17 unspecified atom stereocenters. The Labute approximate surface area is 673 Å². The van der Waals surface area contributed by atoms with Gasteiger partial charge in [-0.15, -0.1) is 0 Å². The van der Waals surface area contributed by atoms with Gasteiger partial charge in [-0.05, 0) is 77.0 Å². The molecule has 0 aromatic carbocycles. The number of carbonyl (C=O) groups excluding carboxylic acids is 1. The number of amides is 1. The van der Waals surface area contributed by atoms with Crippen LogP contribution < -0.4 is 5.32 Å². The molecule has 0 spiro atoms. The third-order valence-electron chi connectivity index (χ3n) is 21.9. The maximum absolute atomic E-state index is 13.5. The predicted octanol–water partition coefficient (Wildman–Crippen LogP) is 17.1. The number of rotatable bonds is 72. The van der Waals surface area contributed by atoms with Crippen LogP contribution >= 0.6 is 0 Å². The van der Waals surface area contributed by atoms with Gasteiger partial charge in [0, 0.05) is 6.42 Å². The van der Waals surface area contributed by atoms with Crippen molar-refractivity contribution in [2.24, 2.45) is 0 Å². The van der Waals surface area contributed by atoms with Crippen molar-refractivity contribution < 1.29 is 89.4 Å². The normalized spacial score (nSPS) is 25.5. The minimum Gasteiger partial charge on any atom is -0.394 e. The summed E-state index contributed by atoms with van der Waals surface area (Å²) >= 11 is 0. The van der Waals surface area contributed by atoms with Crippen molar-refractivity contribution in [3.8, 4) is 0 Å². The summed E-state index contributed by atoms with van der Waals surface area (Å²) in [7, 11) is 0. The van der Waals surface area contributed by atoms with Crippen molar-refractivity contribution in [2.45, 2.75) is 452 Å². The molecule has 3 aliphatic rings.